The highest BCUT2D eigenvalue weighted by atomic mass is 19.4. The monoisotopic (exact) mass is 394 g/mol. The Morgan fingerprint density at radius 3 is 2.44 bits per heavy atom. The number of nitrogens with zero attached hydrogens (tertiary/aromatic N) is 1. The molecule has 1 aromatic carbocycles. The third-order valence-corrected chi connectivity index (χ3v) is 4.71. The molecule has 1 saturated heterocycles. The molecule has 3 rings (SSSR count). The van der Waals surface area contributed by atoms with E-state index in [0.717, 1.165) is 6.07 Å². The highest BCUT2D eigenvalue weighted by Crippen LogP contribution is 2.37. The molecule has 10 heteroatoms. The first-order valence-corrected chi connectivity index (χ1v) is 8.24. The summed E-state index contributed by atoms with van der Waals surface area (Å²) in [6, 6.07) is 2.82. The number of aromatic nitrogens is 1. The minimum absolute atomic E-state index is 0.0659. The van der Waals surface area contributed by atoms with Gasteiger partial charge in [-0.25, -0.2) is 0 Å². The summed E-state index contributed by atoms with van der Waals surface area (Å²) >= 11 is 0. The number of alkyl halides is 6. The molecule has 2 heterocycles. The van der Waals surface area contributed by atoms with Gasteiger partial charge in [0.15, 0.2) is 6.10 Å². The quantitative estimate of drug-likeness (QED) is 0.762. The maximum atomic E-state index is 13.3. The predicted molar refractivity (Wildman–Crippen MR) is 86.6 cm³/mol. The van der Waals surface area contributed by atoms with Gasteiger partial charge >= 0.3 is 12.4 Å². The summed E-state index contributed by atoms with van der Waals surface area (Å²) in [7, 11) is 0. The second kappa shape index (κ2) is 6.74. The van der Waals surface area contributed by atoms with Gasteiger partial charge in [-0.1, -0.05) is 0 Å². The molecule has 0 unspecified atom stereocenters. The highest BCUT2D eigenvalue weighted by molar-refractivity contribution is 5.86. The number of aliphatic hydroxyl groups excluding tert-OH is 1. The summed E-state index contributed by atoms with van der Waals surface area (Å²) in [5, 5.41) is 9.37. The van der Waals surface area contributed by atoms with Crippen LogP contribution < -0.4 is 10.5 Å². The Balaban J connectivity index is 2.10. The molecule has 2 atom stereocenters. The van der Waals surface area contributed by atoms with Crippen molar-refractivity contribution < 1.29 is 31.4 Å². The first-order valence-electron chi connectivity index (χ1n) is 8.24. The van der Waals surface area contributed by atoms with E-state index in [0.29, 0.717) is 18.9 Å². The molecule has 2 N–H and O–H groups in total. The van der Waals surface area contributed by atoms with Crippen molar-refractivity contribution in [2.45, 2.75) is 43.8 Å². The fourth-order valence-electron chi connectivity index (χ4n) is 3.48. The van der Waals surface area contributed by atoms with E-state index in [1.807, 2.05) is 0 Å². The van der Waals surface area contributed by atoms with Crippen molar-refractivity contribution in [2.75, 3.05) is 11.4 Å². The van der Waals surface area contributed by atoms with Crippen molar-refractivity contribution in [1.82, 2.24) is 4.98 Å². The number of rotatable bonds is 2. The van der Waals surface area contributed by atoms with Crippen molar-refractivity contribution in [2.24, 2.45) is 0 Å². The predicted octanol–water partition coefficient (Wildman–Crippen LogP) is 3.83. The molecule has 1 aliphatic rings. The summed E-state index contributed by atoms with van der Waals surface area (Å²) in [6.07, 6.45) is -11.1. The van der Waals surface area contributed by atoms with Gasteiger partial charge in [-0.15, -0.1) is 0 Å². The topological polar surface area (TPSA) is 56.3 Å². The molecule has 0 saturated carbocycles. The van der Waals surface area contributed by atoms with Gasteiger partial charge in [-0.3, -0.25) is 4.79 Å². The maximum absolute atomic E-state index is 13.3. The number of H-pyrrole nitrogens is 1. The third-order valence-electron chi connectivity index (χ3n) is 4.71. The SMILES string of the molecule is O=c1cc(C(F)(F)F)c2cc(N3CCCC[C@@H]3[C@H](O)C(F)(F)F)ccc2[nH]1. The Labute approximate surface area is 149 Å². The first-order chi connectivity index (χ1) is 12.5. The van der Waals surface area contributed by atoms with Gasteiger partial charge in [0, 0.05) is 29.2 Å². The van der Waals surface area contributed by atoms with Gasteiger partial charge in [-0.2, -0.15) is 26.3 Å². The van der Waals surface area contributed by atoms with Crippen molar-refractivity contribution in [3.8, 4) is 0 Å². The van der Waals surface area contributed by atoms with E-state index >= 15 is 0 Å². The van der Waals surface area contributed by atoms with Gasteiger partial charge in [0.25, 0.3) is 0 Å². The first kappa shape index (κ1) is 19.5. The number of hydrogen-bond donors (Lipinski definition) is 2. The van der Waals surface area contributed by atoms with Crippen LogP contribution in [0.25, 0.3) is 10.9 Å². The Kier molecular flexibility index (Phi) is 4.87. The van der Waals surface area contributed by atoms with Crippen LogP contribution in [0, 0.1) is 0 Å². The zero-order valence-electron chi connectivity index (χ0n) is 13.9. The number of hydrogen-bond acceptors (Lipinski definition) is 3. The number of benzene rings is 1. The molecule has 1 fully saturated rings. The summed E-state index contributed by atoms with van der Waals surface area (Å²) in [5.41, 5.74) is -2.02. The fraction of sp³-hybridized carbons (Fsp3) is 0.471. The van der Waals surface area contributed by atoms with Gasteiger partial charge in [-0.05, 0) is 37.5 Å². The number of halogens is 6. The standard InChI is InChI=1S/C17H16F6N2O2/c18-16(19,20)11-8-14(26)24-12-5-4-9(7-10(11)12)25-6-2-1-3-13(25)15(27)17(21,22)23/h4-5,7-8,13,15,27H,1-3,6H2,(H,24,26)/t13-,15+/m1/s1. The summed E-state index contributed by atoms with van der Waals surface area (Å²) in [5.74, 6) is 0. The van der Waals surface area contributed by atoms with Gasteiger partial charge in [0.05, 0.1) is 11.6 Å². The van der Waals surface area contributed by atoms with Crippen LogP contribution >= 0.6 is 0 Å². The number of aliphatic hydroxyl groups is 1. The Bertz CT molecular complexity index is 890. The average Bonchev–Trinajstić information content (AvgIpc) is 2.58. The lowest BCUT2D eigenvalue weighted by Gasteiger charge is -2.40. The number of aromatic amines is 1. The average molecular weight is 394 g/mol. The minimum Gasteiger partial charge on any atom is -0.382 e. The van der Waals surface area contributed by atoms with Crippen LogP contribution in [0.3, 0.4) is 0 Å². The van der Waals surface area contributed by atoms with E-state index in [-0.39, 0.29) is 29.6 Å². The van der Waals surface area contributed by atoms with Gasteiger partial charge in [0.2, 0.25) is 5.56 Å². The largest absolute Gasteiger partial charge is 0.417 e. The molecular formula is C17H16F6N2O2. The van der Waals surface area contributed by atoms with Crippen molar-refractivity contribution in [1.29, 1.82) is 0 Å². The van der Waals surface area contributed by atoms with E-state index < -0.39 is 35.6 Å². The smallest absolute Gasteiger partial charge is 0.382 e. The maximum Gasteiger partial charge on any atom is 0.417 e. The summed E-state index contributed by atoms with van der Waals surface area (Å²) < 4.78 is 78.8. The lowest BCUT2D eigenvalue weighted by Crippen LogP contribution is -2.52. The molecule has 0 spiro atoms. The lowest BCUT2D eigenvalue weighted by molar-refractivity contribution is -0.211. The van der Waals surface area contributed by atoms with Crippen molar-refractivity contribution in [3.63, 3.8) is 0 Å². The van der Waals surface area contributed by atoms with E-state index in [1.165, 1.54) is 17.0 Å². The van der Waals surface area contributed by atoms with Crippen LogP contribution in [0.15, 0.2) is 29.1 Å². The van der Waals surface area contributed by atoms with Crippen LogP contribution in [0.5, 0.6) is 0 Å². The summed E-state index contributed by atoms with van der Waals surface area (Å²) in [6.45, 7) is 0.175. The zero-order valence-corrected chi connectivity index (χ0v) is 13.9. The number of piperidine rings is 1. The lowest BCUT2D eigenvalue weighted by atomic mass is 9.95. The number of anilines is 1. The fourth-order valence-corrected chi connectivity index (χ4v) is 3.48. The molecule has 1 aliphatic heterocycles. The van der Waals surface area contributed by atoms with Gasteiger partial charge in [0.1, 0.15) is 0 Å². The molecular weight excluding hydrogens is 378 g/mol. The van der Waals surface area contributed by atoms with E-state index in [4.69, 9.17) is 0 Å². The van der Waals surface area contributed by atoms with Gasteiger partial charge < -0.3 is 15.0 Å². The normalized spacial score (nSPS) is 20.1. The van der Waals surface area contributed by atoms with Crippen LogP contribution in [-0.2, 0) is 6.18 Å². The van der Waals surface area contributed by atoms with Crippen LogP contribution in [0.2, 0.25) is 0 Å². The molecule has 148 valence electrons. The number of fused-ring (bicyclic) bond motifs is 1. The molecule has 0 amide bonds. The molecule has 1 aromatic heterocycles. The van der Waals surface area contributed by atoms with Crippen molar-refractivity contribution in [3.05, 3.63) is 40.2 Å². The Morgan fingerprint density at radius 2 is 1.81 bits per heavy atom. The third kappa shape index (κ3) is 3.90. The van der Waals surface area contributed by atoms with Crippen LogP contribution in [0.4, 0.5) is 32.0 Å². The van der Waals surface area contributed by atoms with E-state index in [9.17, 15) is 36.2 Å². The molecule has 4 nitrogen and oxygen atoms in total. The van der Waals surface area contributed by atoms with Crippen LogP contribution in [-0.4, -0.2) is 35.0 Å². The number of pyridine rings is 1. The molecule has 0 aliphatic carbocycles. The number of nitrogens with one attached hydrogen (secondary N) is 1. The Hall–Kier alpha value is -2.23. The molecule has 27 heavy (non-hydrogen) atoms. The minimum atomic E-state index is -4.83. The van der Waals surface area contributed by atoms with E-state index in [2.05, 4.69) is 4.98 Å². The zero-order chi connectivity index (χ0) is 20.0. The van der Waals surface area contributed by atoms with Crippen LogP contribution in [0.1, 0.15) is 24.8 Å². The molecule has 0 radical (unpaired) electrons. The summed E-state index contributed by atoms with van der Waals surface area (Å²) in [4.78, 5) is 15.0. The highest BCUT2D eigenvalue weighted by Gasteiger charge is 2.46. The Morgan fingerprint density at radius 1 is 1.11 bits per heavy atom. The van der Waals surface area contributed by atoms with E-state index in [1.54, 1.807) is 0 Å². The molecule has 0 bridgehead atoms. The molecule has 2 aromatic rings. The second-order valence-corrected chi connectivity index (χ2v) is 6.52. The second-order valence-electron chi connectivity index (χ2n) is 6.52. The van der Waals surface area contributed by atoms with Crippen molar-refractivity contribution >= 4 is 16.6 Å².